The van der Waals surface area contributed by atoms with Gasteiger partial charge < -0.3 is 21.3 Å². The van der Waals surface area contributed by atoms with Crippen LogP contribution in [0.3, 0.4) is 0 Å². The molecule has 0 bridgehead atoms. The number of rotatable bonds is 5. The summed E-state index contributed by atoms with van der Waals surface area (Å²) in [5, 5.41) is 21.8. The number of amides is 2. The molecule has 126 valence electrons. The van der Waals surface area contributed by atoms with E-state index in [0.717, 1.165) is 0 Å². The van der Waals surface area contributed by atoms with Gasteiger partial charge in [-0.15, -0.1) is 11.8 Å². The molecule has 23 heavy (non-hydrogen) atoms. The number of nitrogens with two attached hydrogens (primary N) is 1. The molecule has 5 N–H and O–H groups in total. The number of β-lactam (4-membered cyclic amide) rings is 1. The van der Waals surface area contributed by atoms with Gasteiger partial charge in [0.25, 0.3) is 0 Å². The molecule has 8 nitrogen and oxygen atoms in total. The van der Waals surface area contributed by atoms with Gasteiger partial charge in [-0.05, 0) is 13.3 Å². The van der Waals surface area contributed by atoms with Crippen LogP contribution in [0.1, 0.15) is 13.3 Å². The van der Waals surface area contributed by atoms with Crippen molar-refractivity contribution in [3.8, 4) is 0 Å². The molecule has 0 radical (unpaired) electrons. The molecule has 0 aliphatic carbocycles. The number of carboxylic acids is 1. The maximum atomic E-state index is 12.1. The lowest BCUT2D eigenvalue weighted by Gasteiger charge is -2.43. The molecule has 3 heterocycles. The molecule has 3 aliphatic rings. The van der Waals surface area contributed by atoms with E-state index in [9.17, 15) is 24.6 Å². The fourth-order valence-electron chi connectivity index (χ4n) is 2.99. The van der Waals surface area contributed by atoms with Crippen molar-refractivity contribution in [2.24, 2.45) is 11.7 Å². The Kier molecular flexibility index (Phi) is 4.34. The molecule has 3 rings (SSSR count). The zero-order chi connectivity index (χ0) is 16.9. The Hall–Kier alpha value is -1.23. The lowest BCUT2D eigenvalue weighted by Crippen LogP contribution is -2.60. The van der Waals surface area contributed by atoms with E-state index in [4.69, 9.17) is 5.73 Å². The number of primary amides is 1. The van der Waals surface area contributed by atoms with Gasteiger partial charge in [-0.25, -0.2) is 4.79 Å². The van der Waals surface area contributed by atoms with Crippen LogP contribution in [-0.2, 0) is 14.4 Å². The highest BCUT2D eigenvalue weighted by atomic mass is 32.2. The van der Waals surface area contributed by atoms with Gasteiger partial charge in [0.2, 0.25) is 11.8 Å². The molecule has 0 saturated carbocycles. The SMILES string of the molecule is C[C@@H](O)[C@H]1C(=O)N2C(C(=O)O)=C(S[C@@H]3CN[C@H](C(N)=O)C3)S[C@H]12. The normalized spacial score (nSPS) is 34.3. The molecular weight excluding hydrogens is 342 g/mol. The van der Waals surface area contributed by atoms with Crippen molar-refractivity contribution in [2.75, 3.05) is 6.54 Å². The quantitative estimate of drug-likeness (QED) is 0.464. The number of nitrogens with one attached hydrogen (secondary N) is 1. The molecule has 2 saturated heterocycles. The third-order valence-corrected chi connectivity index (χ3v) is 7.01. The van der Waals surface area contributed by atoms with E-state index < -0.39 is 29.9 Å². The summed E-state index contributed by atoms with van der Waals surface area (Å²) in [5.74, 6) is -2.51. The molecule has 0 unspecified atom stereocenters. The van der Waals surface area contributed by atoms with Crippen molar-refractivity contribution in [1.82, 2.24) is 10.2 Å². The van der Waals surface area contributed by atoms with Crippen LogP contribution in [0, 0.1) is 5.92 Å². The largest absolute Gasteiger partial charge is 0.477 e. The molecule has 2 amide bonds. The minimum atomic E-state index is -1.16. The van der Waals surface area contributed by atoms with Crippen molar-refractivity contribution >= 4 is 41.3 Å². The summed E-state index contributed by atoms with van der Waals surface area (Å²) in [7, 11) is 0. The monoisotopic (exact) mass is 359 g/mol. The Bertz CT molecular complexity index is 608. The van der Waals surface area contributed by atoms with Gasteiger partial charge in [-0.3, -0.25) is 14.5 Å². The van der Waals surface area contributed by atoms with Gasteiger partial charge in [0.1, 0.15) is 5.37 Å². The molecule has 0 spiro atoms. The number of fused-ring (bicyclic) bond motifs is 1. The fourth-order valence-corrected chi connectivity index (χ4v) is 6.31. The van der Waals surface area contributed by atoms with E-state index in [-0.39, 0.29) is 22.2 Å². The predicted octanol–water partition coefficient (Wildman–Crippen LogP) is -0.899. The van der Waals surface area contributed by atoms with Gasteiger partial charge in [0.05, 0.1) is 22.3 Å². The number of aliphatic hydroxyl groups is 1. The van der Waals surface area contributed by atoms with Crippen LogP contribution in [0.2, 0.25) is 0 Å². The number of aliphatic hydroxyl groups excluding tert-OH is 1. The van der Waals surface area contributed by atoms with Crippen molar-refractivity contribution in [1.29, 1.82) is 0 Å². The fraction of sp³-hybridized carbons (Fsp3) is 0.615. The van der Waals surface area contributed by atoms with Crippen molar-refractivity contribution < 1.29 is 24.6 Å². The molecule has 0 aromatic heterocycles. The van der Waals surface area contributed by atoms with Crippen molar-refractivity contribution in [3.63, 3.8) is 0 Å². The van der Waals surface area contributed by atoms with E-state index in [2.05, 4.69) is 5.32 Å². The highest BCUT2D eigenvalue weighted by molar-refractivity contribution is 8.23. The minimum absolute atomic E-state index is 0.0168. The van der Waals surface area contributed by atoms with Crippen LogP contribution in [0.5, 0.6) is 0 Å². The lowest BCUT2D eigenvalue weighted by atomic mass is 9.92. The topological polar surface area (TPSA) is 133 Å². The molecule has 5 atom stereocenters. The lowest BCUT2D eigenvalue weighted by molar-refractivity contribution is -0.156. The second kappa shape index (κ2) is 6.00. The van der Waals surface area contributed by atoms with Crippen LogP contribution in [0.4, 0.5) is 0 Å². The Morgan fingerprint density at radius 3 is 2.74 bits per heavy atom. The van der Waals surface area contributed by atoms with E-state index >= 15 is 0 Å². The van der Waals surface area contributed by atoms with Gasteiger partial charge >= 0.3 is 5.97 Å². The third-order valence-electron chi connectivity index (χ3n) is 4.18. The zero-order valence-corrected chi connectivity index (χ0v) is 13.9. The summed E-state index contributed by atoms with van der Waals surface area (Å²) < 4.78 is 0.552. The molecular formula is C13H17N3O5S2. The number of carbonyl (C=O) groups excluding carboxylic acids is 2. The second-order valence-corrected chi connectivity index (χ2v) is 8.46. The standard InChI is InChI=1S/C13H17N3O5S2/c1-4(17)7-10(19)16-8(12(20)21)13(23-11(7)16)22-5-2-6(9(14)18)15-3-5/h4-7,11,15,17H,2-3H2,1H3,(H2,14,18)(H,20,21)/t4-,5+,6+,7+,11-/m1/s1. The van der Waals surface area contributed by atoms with Gasteiger partial charge in [0.15, 0.2) is 5.70 Å². The van der Waals surface area contributed by atoms with Gasteiger partial charge in [-0.2, -0.15) is 0 Å². The van der Waals surface area contributed by atoms with E-state index in [0.29, 0.717) is 17.2 Å². The summed E-state index contributed by atoms with van der Waals surface area (Å²) in [6.07, 6.45) is -0.293. The number of carbonyl (C=O) groups is 3. The minimum Gasteiger partial charge on any atom is -0.477 e. The summed E-state index contributed by atoms with van der Waals surface area (Å²) in [6.45, 7) is 2.08. The molecule has 3 aliphatic heterocycles. The average molecular weight is 359 g/mol. The summed E-state index contributed by atoms with van der Waals surface area (Å²) in [4.78, 5) is 36.1. The number of aliphatic carboxylic acids is 1. The van der Waals surface area contributed by atoms with Gasteiger partial charge in [-0.1, -0.05) is 11.8 Å². The highest BCUT2D eigenvalue weighted by Gasteiger charge is 2.58. The first-order valence-corrected chi connectivity index (χ1v) is 8.92. The zero-order valence-electron chi connectivity index (χ0n) is 12.3. The highest BCUT2D eigenvalue weighted by Crippen LogP contribution is 2.54. The maximum Gasteiger partial charge on any atom is 0.354 e. The van der Waals surface area contributed by atoms with Gasteiger partial charge in [0, 0.05) is 11.8 Å². The first kappa shape index (κ1) is 16.6. The first-order valence-electron chi connectivity index (χ1n) is 7.16. The molecule has 0 aromatic rings. The first-order chi connectivity index (χ1) is 10.8. The van der Waals surface area contributed by atoms with E-state index in [1.165, 1.54) is 35.3 Å². The molecule has 2 fully saturated rings. The van der Waals surface area contributed by atoms with Crippen LogP contribution in [0.25, 0.3) is 0 Å². The third kappa shape index (κ3) is 2.73. The number of thioether (sulfide) groups is 2. The number of nitrogens with zero attached hydrogens (tertiary/aromatic N) is 1. The Morgan fingerprint density at radius 2 is 2.22 bits per heavy atom. The summed E-state index contributed by atoms with van der Waals surface area (Å²) in [5.41, 5.74) is 5.25. The Labute approximate surface area is 140 Å². The Morgan fingerprint density at radius 1 is 1.52 bits per heavy atom. The predicted molar refractivity (Wildman–Crippen MR) is 85.0 cm³/mol. The Balaban J connectivity index is 1.75. The van der Waals surface area contributed by atoms with Crippen molar-refractivity contribution in [3.05, 3.63) is 9.93 Å². The van der Waals surface area contributed by atoms with E-state index in [1.54, 1.807) is 0 Å². The number of carboxylic acid groups (broad SMARTS) is 1. The van der Waals surface area contributed by atoms with Crippen molar-refractivity contribution in [2.45, 2.75) is 36.1 Å². The maximum absolute atomic E-state index is 12.1. The van der Waals surface area contributed by atoms with E-state index in [1.807, 2.05) is 0 Å². The van der Waals surface area contributed by atoms with Crippen LogP contribution >= 0.6 is 23.5 Å². The molecule has 10 heteroatoms. The summed E-state index contributed by atoms with van der Waals surface area (Å²) >= 11 is 2.65. The second-order valence-electron chi connectivity index (χ2n) is 5.76. The average Bonchev–Trinajstić information content (AvgIpc) is 3.02. The van der Waals surface area contributed by atoms with Crippen LogP contribution in [-0.4, -0.2) is 62.2 Å². The van der Waals surface area contributed by atoms with Crippen LogP contribution < -0.4 is 11.1 Å². The number of hydrogen-bond acceptors (Lipinski definition) is 7. The number of hydrogen-bond donors (Lipinski definition) is 4. The molecule has 0 aromatic carbocycles. The summed E-state index contributed by atoms with van der Waals surface area (Å²) in [6, 6.07) is -0.406. The van der Waals surface area contributed by atoms with Crippen LogP contribution in [0.15, 0.2) is 9.93 Å². The smallest absolute Gasteiger partial charge is 0.354 e.